The molecule has 4 heteroatoms. The lowest BCUT2D eigenvalue weighted by Gasteiger charge is -2.42. The van der Waals surface area contributed by atoms with E-state index in [2.05, 4.69) is 83.5 Å². The lowest BCUT2D eigenvalue weighted by atomic mass is 9.80. The van der Waals surface area contributed by atoms with Crippen LogP contribution in [0.2, 0.25) is 0 Å². The van der Waals surface area contributed by atoms with E-state index in [1.807, 2.05) is 12.1 Å². The Balaban J connectivity index is 1.37. The molecule has 2 aromatic rings. The van der Waals surface area contributed by atoms with E-state index in [0.29, 0.717) is 13.1 Å². The zero-order valence-corrected chi connectivity index (χ0v) is 15.7. The van der Waals surface area contributed by atoms with Crippen molar-refractivity contribution in [2.45, 2.75) is 25.2 Å². The summed E-state index contributed by atoms with van der Waals surface area (Å²) in [5.41, 5.74) is 2.47. The van der Waals surface area contributed by atoms with Crippen molar-refractivity contribution in [1.82, 2.24) is 10.6 Å². The summed E-state index contributed by atoms with van der Waals surface area (Å²) < 4.78 is 0. The van der Waals surface area contributed by atoms with Crippen molar-refractivity contribution < 1.29 is 0 Å². The highest BCUT2D eigenvalue weighted by molar-refractivity contribution is 5.96. The lowest BCUT2D eigenvalue weighted by Crippen LogP contribution is -2.60. The first-order valence-corrected chi connectivity index (χ1v) is 9.93. The summed E-state index contributed by atoms with van der Waals surface area (Å²) in [5, 5.41) is 7.35. The number of hydrogen-bond acceptors (Lipinski definition) is 2. The SMILES string of the molecule is C1=CC2C(=NCc3ccccc3)NC1C1C=CC2NC1=NCc1ccccc1. The summed E-state index contributed by atoms with van der Waals surface area (Å²) in [4.78, 5) is 9.83. The minimum absolute atomic E-state index is 0.185. The minimum atomic E-state index is 0.185. The van der Waals surface area contributed by atoms with E-state index in [4.69, 9.17) is 9.98 Å². The summed E-state index contributed by atoms with van der Waals surface area (Å²) in [5.74, 6) is 2.56. The number of benzene rings is 2. The summed E-state index contributed by atoms with van der Waals surface area (Å²) in [6, 6.07) is 21.2. The van der Waals surface area contributed by atoms with Crippen LogP contribution in [0.15, 0.2) is 95.0 Å². The van der Waals surface area contributed by atoms with E-state index < -0.39 is 0 Å². The highest BCUT2D eigenvalue weighted by Crippen LogP contribution is 2.28. The summed E-state index contributed by atoms with van der Waals surface area (Å²) >= 11 is 0. The van der Waals surface area contributed by atoms with Gasteiger partial charge in [0.2, 0.25) is 0 Å². The third-order valence-corrected chi connectivity index (χ3v) is 5.64. The predicted molar refractivity (Wildman–Crippen MR) is 114 cm³/mol. The second-order valence-corrected chi connectivity index (χ2v) is 7.54. The molecule has 8 rings (SSSR count). The van der Waals surface area contributed by atoms with Crippen molar-refractivity contribution >= 4 is 11.7 Å². The van der Waals surface area contributed by atoms with Crippen LogP contribution in [0.3, 0.4) is 0 Å². The Labute approximate surface area is 165 Å². The molecular formula is C24H24N4. The maximum atomic E-state index is 4.92. The number of rotatable bonds is 4. The van der Waals surface area contributed by atoms with Crippen molar-refractivity contribution in [3.05, 3.63) is 96.1 Å². The van der Waals surface area contributed by atoms with Crippen molar-refractivity contribution in [1.29, 1.82) is 0 Å². The van der Waals surface area contributed by atoms with Gasteiger partial charge in [0.25, 0.3) is 0 Å². The summed E-state index contributed by atoms with van der Waals surface area (Å²) in [6.07, 6.45) is 9.17. The molecule has 0 saturated carbocycles. The molecule has 6 aliphatic rings. The zero-order chi connectivity index (χ0) is 18.8. The van der Waals surface area contributed by atoms with Crippen molar-refractivity contribution in [2.24, 2.45) is 21.8 Å². The fourth-order valence-electron chi connectivity index (χ4n) is 4.11. The maximum absolute atomic E-state index is 4.92. The van der Waals surface area contributed by atoms with Crippen molar-refractivity contribution in [2.75, 3.05) is 0 Å². The topological polar surface area (TPSA) is 48.8 Å². The number of nitrogens with one attached hydrogen (secondary N) is 2. The second-order valence-electron chi connectivity index (χ2n) is 7.54. The number of hydrogen-bond donors (Lipinski definition) is 2. The highest BCUT2D eigenvalue weighted by atomic mass is 15.1. The first-order chi connectivity index (χ1) is 13.9. The first kappa shape index (κ1) is 17.0. The Kier molecular flexibility index (Phi) is 4.53. The average Bonchev–Trinajstić information content (AvgIpc) is 2.75. The number of amidine groups is 2. The van der Waals surface area contributed by atoms with Crippen LogP contribution >= 0.6 is 0 Å². The Morgan fingerprint density at radius 2 is 1.00 bits per heavy atom. The van der Waals surface area contributed by atoms with E-state index in [0.717, 1.165) is 11.7 Å². The first-order valence-electron chi connectivity index (χ1n) is 9.93. The molecule has 5 aliphatic heterocycles. The van der Waals surface area contributed by atoms with Gasteiger partial charge in [-0.05, 0) is 11.1 Å². The van der Waals surface area contributed by atoms with Crippen molar-refractivity contribution in [3.8, 4) is 0 Å². The van der Waals surface area contributed by atoms with Gasteiger partial charge in [-0.1, -0.05) is 85.0 Å². The Bertz CT molecular complexity index is 864. The second kappa shape index (κ2) is 7.47. The van der Waals surface area contributed by atoms with E-state index in [-0.39, 0.29) is 23.9 Å². The van der Waals surface area contributed by atoms with Gasteiger partial charge in [-0.15, -0.1) is 0 Å². The Hall–Kier alpha value is -3.14. The smallest absolute Gasteiger partial charge is 0.107 e. The van der Waals surface area contributed by atoms with E-state index >= 15 is 0 Å². The molecule has 0 radical (unpaired) electrons. The molecule has 4 unspecified atom stereocenters. The van der Waals surface area contributed by atoms with Crippen LogP contribution < -0.4 is 10.6 Å². The molecule has 4 bridgehead atoms. The molecule has 140 valence electrons. The zero-order valence-electron chi connectivity index (χ0n) is 15.7. The lowest BCUT2D eigenvalue weighted by molar-refractivity contribution is 0.493. The van der Waals surface area contributed by atoms with Gasteiger partial charge >= 0.3 is 0 Å². The molecule has 4 nitrogen and oxygen atoms in total. The molecular weight excluding hydrogens is 344 g/mol. The number of aliphatic imine (C=N–C) groups is 2. The molecule has 1 saturated heterocycles. The fraction of sp³-hybridized carbons (Fsp3) is 0.250. The van der Waals surface area contributed by atoms with Crippen LogP contribution in [0.25, 0.3) is 0 Å². The van der Waals surface area contributed by atoms with E-state index in [9.17, 15) is 0 Å². The fourth-order valence-corrected chi connectivity index (χ4v) is 4.11. The molecule has 5 heterocycles. The van der Waals surface area contributed by atoms with Gasteiger partial charge < -0.3 is 10.6 Å². The standard InChI is InChI=1S/C24H24N4/c1-3-7-17(8-4-1)15-25-23-19-11-13-22(27-23)20-12-14-21(19)28-24(20)26-16-18-9-5-2-6-10-18/h1-14,19-22H,15-16H2,(H,25,27)(H,26,28). The van der Waals surface area contributed by atoms with Crippen molar-refractivity contribution in [3.63, 3.8) is 0 Å². The summed E-state index contributed by atoms with van der Waals surface area (Å²) in [6.45, 7) is 1.41. The van der Waals surface area contributed by atoms with Crippen LogP contribution in [0.1, 0.15) is 11.1 Å². The van der Waals surface area contributed by atoms with Gasteiger partial charge in [0.1, 0.15) is 11.7 Å². The molecule has 28 heavy (non-hydrogen) atoms. The van der Waals surface area contributed by atoms with Gasteiger partial charge in [0.05, 0.1) is 37.0 Å². The summed E-state index contributed by atoms with van der Waals surface area (Å²) in [7, 11) is 0. The molecule has 0 aromatic heterocycles. The molecule has 0 amide bonds. The van der Waals surface area contributed by atoms with Crippen LogP contribution in [0.4, 0.5) is 0 Å². The average molecular weight is 368 g/mol. The largest absolute Gasteiger partial charge is 0.366 e. The van der Waals surface area contributed by atoms with E-state index in [1.54, 1.807) is 0 Å². The van der Waals surface area contributed by atoms with Crippen LogP contribution in [0, 0.1) is 11.8 Å². The predicted octanol–water partition coefficient (Wildman–Crippen LogP) is 3.49. The van der Waals surface area contributed by atoms with Gasteiger partial charge in [0.15, 0.2) is 0 Å². The minimum Gasteiger partial charge on any atom is -0.366 e. The third-order valence-electron chi connectivity index (χ3n) is 5.64. The van der Waals surface area contributed by atoms with E-state index in [1.165, 1.54) is 11.1 Å². The molecule has 4 atom stereocenters. The highest BCUT2D eigenvalue weighted by Gasteiger charge is 2.39. The van der Waals surface area contributed by atoms with Gasteiger partial charge in [0, 0.05) is 0 Å². The molecule has 2 N–H and O–H groups in total. The van der Waals surface area contributed by atoms with Crippen LogP contribution in [0.5, 0.6) is 0 Å². The van der Waals surface area contributed by atoms with Crippen LogP contribution in [-0.2, 0) is 13.1 Å². The molecule has 1 aliphatic carbocycles. The molecule has 2 aromatic carbocycles. The van der Waals surface area contributed by atoms with Crippen LogP contribution in [-0.4, -0.2) is 23.8 Å². The maximum Gasteiger partial charge on any atom is 0.107 e. The quantitative estimate of drug-likeness (QED) is 0.812. The molecule has 1 fully saturated rings. The number of nitrogens with zero attached hydrogens (tertiary/aromatic N) is 2. The molecule has 0 spiro atoms. The van der Waals surface area contributed by atoms with Gasteiger partial charge in [-0.25, -0.2) is 0 Å². The Morgan fingerprint density at radius 3 is 1.43 bits per heavy atom. The third kappa shape index (κ3) is 3.38. The van der Waals surface area contributed by atoms with Gasteiger partial charge in [-0.2, -0.15) is 0 Å². The Morgan fingerprint density at radius 1 is 0.571 bits per heavy atom. The monoisotopic (exact) mass is 368 g/mol. The normalized spacial score (nSPS) is 30.1. The van der Waals surface area contributed by atoms with Gasteiger partial charge in [-0.3, -0.25) is 9.98 Å².